The van der Waals surface area contributed by atoms with Crippen LogP contribution in [0.4, 0.5) is 5.69 Å². The highest BCUT2D eigenvalue weighted by Crippen LogP contribution is 2.27. The summed E-state index contributed by atoms with van der Waals surface area (Å²) < 4.78 is 5.35. The van der Waals surface area contributed by atoms with E-state index in [-0.39, 0.29) is 0 Å². The number of benzene rings is 2. The molecule has 1 fully saturated rings. The van der Waals surface area contributed by atoms with Crippen LogP contribution in [0.3, 0.4) is 0 Å². The van der Waals surface area contributed by atoms with Crippen LogP contribution in [0.25, 0.3) is 11.3 Å². The van der Waals surface area contributed by atoms with Crippen LogP contribution in [0.15, 0.2) is 60.8 Å². The number of nitrogens with zero attached hydrogens (tertiary/aromatic N) is 3. The van der Waals surface area contributed by atoms with E-state index in [0.717, 1.165) is 31.1 Å². The molecule has 28 heavy (non-hydrogen) atoms. The van der Waals surface area contributed by atoms with Gasteiger partial charge in [0.2, 0.25) is 0 Å². The molecule has 0 radical (unpaired) electrons. The average molecular weight is 377 g/mol. The van der Waals surface area contributed by atoms with Crippen LogP contribution in [0.2, 0.25) is 0 Å². The van der Waals surface area contributed by atoms with Crippen molar-refractivity contribution in [2.45, 2.75) is 25.4 Å². The molecule has 5 nitrogen and oxygen atoms in total. The highest BCUT2D eigenvalue weighted by molar-refractivity contribution is 5.65. The fraction of sp³-hybridized carbons (Fsp3) is 0.348. The second-order valence-corrected chi connectivity index (χ2v) is 7.51. The van der Waals surface area contributed by atoms with Crippen molar-refractivity contribution in [3.8, 4) is 17.0 Å². The number of ether oxygens (including phenoxy) is 1. The topological polar surface area (TPSA) is 44.4 Å². The Bertz CT molecular complexity index is 885. The normalized spacial score (nSPS) is 15.2. The summed E-state index contributed by atoms with van der Waals surface area (Å²) in [6, 6.07) is 19.7. The Balaban J connectivity index is 1.36. The second kappa shape index (κ2) is 8.48. The lowest BCUT2D eigenvalue weighted by Crippen LogP contribution is -2.43. The molecule has 5 heteroatoms. The first-order valence-electron chi connectivity index (χ1n) is 9.91. The SMILES string of the molecule is COc1cccc(CN(C)C2CCN(c3cccc(-c4ccn[nH]4)c3)CC2)c1. The summed E-state index contributed by atoms with van der Waals surface area (Å²) in [5, 5.41) is 7.12. The standard InChI is InChI=1S/C23H28N4O/c1-26(17-18-5-3-8-22(15-18)28-2)20-10-13-27(14-11-20)21-7-4-6-19(16-21)23-9-12-24-25-23/h3-9,12,15-16,20H,10-11,13-14,17H2,1-2H3,(H,24,25). The molecule has 1 N–H and O–H groups in total. The summed E-state index contributed by atoms with van der Waals surface area (Å²) in [6.45, 7) is 3.12. The van der Waals surface area contributed by atoms with Crippen molar-refractivity contribution in [1.82, 2.24) is 15.1 Å². The van der Waals surface area contributed by atoms with Gasteiger partial charge in [0, 0.05) is 43.1 Å². The number of hydrogen-bond donors (Lipinski definition) is 1. The lowest BCUT2D eigenvalue weighted by molar-refractivity contribution is 0.200. The number of rotatable bonds is 6. The number of aromatic amines is 1. The van der Waals surface area contributed by atoms with Crippen LogP contribution in [-0.4, -0.2) is 48.4 Å². The Kier molecular flexibility index (Phi) is 5.63. The maximum atomic E-state index is 5.35. The molecule has 0 saturated carbocycles. The van der Waals surface area contributed by atoms with Crippen LogP contribution < -0.4 is 9.64 Å². The van der Waals surface area contributed by atoms with Crippen molar-refractivity contribution in [2.75, 3.05) is 32.1 Å². The third-order valence-electron chi connectivity index (χ3n) is 5.68. The summed E-state index contributed by atoms with van der Waals surface area (Å²) in [5.41, 5.74) is 4.85. The fourth-order valence-corrected chi connectivity index (χ4v) is 4.04. The molecule has 0 atom stereocenters. The number of methoxy groups -OCH3 is 1. The molecular weight excluding hydrogens is 348 g/mol. The van der Waals surface area contributed by atoms with Crippen molar-refractivity contribution < 1.29 is 4.74 Å². The molecule has 146 valence electrons. The quantitative estimate of drug-likeness (QED) is 0.701. The monoisotopic (exact) mass is 376 g/mol. The lowest BCUT2D eigenvalue weighted by Gasteiger charge is -2.38. The highest BCUT2D eigenvalue weighted by Gasteiger charge is 2.23. The first kappa shape index (κ1) is 18.6. The minimum absolute atomic E-state index is 0.609. The van der Waals surface area contributed by atoms with Crippen molar-refractivity contribution in [2.24, 2.45) is 0 Å². The molecule has 0 spiro atoms. The van der Waals surface area contributed by atoms with E-state index in [0.29, 0.717) is 6.04 Å². The molecule has 1 aliphatic rings. The summed E-state index contributed by atoms with van der Waals surface area (Å²) >= 11 is 0. The Morgan fingerprint density at radius 2 is 1.93 bits per heavy atom. The summed E-state index contributed by atoms with van der Waals surface area (Å²) in [7, 11) is 3.96. The van der Waals surface area contributed by atoms with Gasteiger partial charge in [-0.25, -0.2) is 0 Å². The Morgan fingerprint density at radius 3 is 2.68 bits per heavy atom. The molecule has 0 unspecified atom stereocenters. The first-order chi connectivity index (χ1) is 13.7. The fourth-order valence-electron chi connectivity index (χ4n) is 4.04. The van der Waals surface area contributed by atoms with Crippen LogP contribution in [0, 0.1) is 0 Å². The molecule has 2 heterocycles. The average Bonchev–Trinajstić information content (AvgIpc) is 3.29. The number of aromatic nitrogens is 2. The van der Waals surface area contributed by atoms with E-state index in [4.69, 9.17) is 4.74 Å². The molecule has 4 rings (SSSR count). The second-order valence-electron chi connectivity index (χ2n) is 7.51. The molecule has 0 aliphatic carbocycles. The van der Waals surface area contributed by atoms with Crippen molar-refractivity contribution >= 4 is 5.69 Å². The number of hydrogen-bond acceptors (Lipinski definition) is 4. The number of H-pyrrole nitrogens is 1. The molecule has 1 saturated heterocycles. The minimum Gasteiger partial charge on any atom is -0.497 e. The van der Waals surface area contributed by atoms with Gasteiger partial charge in [0.15, 0.2) is 0 Å². The van der Waals surface area contributed by atoms with Gasteiger partial charge in [-0.1, -0.05) is 24.3 Å². The third-order valence-corrected chi connectivity index (χ3v) is 5.68. The molecular formula is C23H28N4O. The van der Waals surface area contributed by atoms with Gasteiger partial charge < -0.3 is 9.64 Å². The molecule has 1 aliphatic heterocycles. The molecule has 0 bridgehead atoms. The van der Waals surface area contributed by atoms with Gasteiger partial charge in [0.1, 0.15) is 5.75 Å². The van der Waals surface area contributed by atoms with E-state index in [2.05, 4.69) is 69.5 Å². The minimum atomic E-state index is 0.609. The number of nitrogens with one attached hydrogen (secondary N) is 1. The smallest absolute Gasteiger partial charge is 0.119 e. The van der Waals surface area contributed by atoms with Gasteiger partial charge >= 0.3 is 0 Å². The predicted octanol–water partition coefficient (Wildman–Crippen LogP) is 4.19. The maximum Gasteiger partial charge on any atom is 0.119 e. The van der Waals surface area contributed by atoms with E-state index in [1.165, 1.54) is 29.7 Å². The van der Waals surface area contributed by atoms with E-state index in [1.54, 1.807) is 13.3 Å². The van der Waals surface area contributed by atoms with E-state index >= 15 is 0 Å². The van der Waals surface area contributed by atoms with Crippen LogP contribution >= 0.6 is 0 Å². The van der Waals surface area contributed by atoms with E-state index in [9.17, 15) is 0 Å². The molecule has 0 amide bonds. The summed E-state index contributed by atoms with van der Waals surface area (Å²) in [5.74, 6) is 0.929. The third kappa shape index (κ3) is 4.20. The van der Waals surface area contributed by atoms with E-state index in [1.807, 2.05) is 12.1 Å². The Labute approximate surface area is 166 Å². The van der Waals surface area contributed by atoms with Crippen LogP contribution in [0.1, 0.15) is 18.4 Å². The zero-order valence-electron chi connectivity index (χ0n) is 16.6. The predicted molar refractivity (Wildman–Crippen MR) is 114 cm³/mol. The largest absolute Gasteiger partial charge is 0.497 e. The molecule has 2 aromatic carbocycles. The van der Waals surface area contributed by atoms with Gasteiger partial charge in [-0.2, -0.15) is 5.10 Å². The van der Waals surface area contributed by atoms with Gasteiger partial charge in [0.05, 0.1) is 12.8 Å². The van der Waals surface area contributed by atoms with Crippen molar-refractivity contribution in [3.05, 3.63) is 66.4 Å². The van der Waals surface area contributed by atoms with Crippen molar-refractivity contribution in [1.29, 1.82) is 0 Å². The Hall–Kier alpha value is -2.79. The van der Waals surface area contributed by atoms with Gasteiger partial charge in [0.25, 0.3) is 0 Å². The summed E-state index contributed by atoms with van der Waals surface area (Å²) in [6.07, 6.45) is 4.15. The molecule has 3 aromatic rings. The van der Waals surface area contributed by atoms with Crippen molar-refractivity contribution in [3.63, 3.8) is 0 Å². The zero-order valence-corrected chi connectivity index (χ0v) is 16.6. The van der Waals surface area contributed by atoms with Gasteiger partial charge in [-0.05, 0) is 55.8 Å². The maximum absolute atomic E-state index is 5.35. The number of piperidine rings is 1. The highest BCUT2D eigenvalue weighted by atomic mass is 16.5. The van der Waals surface area contributed by atoms with Crippen LogP contribution in [0.5, 0.6) is 5.75 Å². The summed E-state index contributed by atoms with van der Waals surface area (Å²) in [4.78, 5) is 4.98. The van der Waals surface area contributed by atoms with Gasteiger partial charge in [-0.3, -0.25) is 10.00 Å². The zero-order chi connectivity index (χ0) is 19.3. The first-order valence-corrected chi connectivity index (χ1v) is 9.91. The van der Waals surface area contributed by atoms with E-state index < -0.39 is 0 Å². The molecule has 1 aromatic heterocycles. The van der Waals surface area contributed by atoms with Crippen LogP contribution in [-0.2, 0) is 6.54 Å². The van der Waals surface area contributed by atoms with Gasteiger partial charge in [-0.15, -0.1) is 0 Å². The lowest BCUT2D eigenvalue weighted by atomic mass is 10.0. The number of anilines is 1. The Morgan fingerprint density at radius 1 is 1.11 bits per heavy atom.